The second-order valence-corrected chi connectivity index (χ2v) is 6.37. The Morgan fingerprint density at radius 2 is 1.83 bits per heavy atom. The Morgan fingerprint density at radius 1 is 1.07 bits per heavy atom. The van der Waals surface area contributed by atoms with Crippen LogP contribution in [-0.2, 0) is 16.1 Å². The Balaban J connectivity index is 1.59. The molecule has 3 aromatic rings. The fourth-order valence-corrected chi connectivity index (χ4v) is 2.90. The van der Waals surface area contributed by atoms with Crippen LogP contribution in [0.2, 0.25) is 0 Å². The van der Waals surface area contributed by atoms with Crippen molar-refractivity contribution in [3.63, 3.8) is 0 Å². The molecular formula is C21H14N2O7. The summed E-state index contributed by atoms with van der Waals surface area (Å²) in [4.78, 5) is 48.7. The molecule has 9 heteroatoms. The summed E-state index contributed by atoms with van der Waals surface area (Å²) in [6, 6.07) is 11.6. The lowest BCUT2D eigenvalue weighted by Crippen LogP contribution is -2.53. The number of imide groups is 2. The van der Waals surface area contributed by atoms with Crippen LogP contribution in [0.3, 0.4) is 0 Å². The Kier molecular flexibility index (Phi) is 4.77. The summed E-state index contributed by atoms with van der Waals surface area (Å²) in [6.07, 6.45) is 2.66. The van der Waals surface area contributed by atoms with Gasteiger partial charge in [0.2, 0.25) is 0 Å². The summed E-state index contributed by atoms with van der Waals surface area (Å²) in [7, 11) is 0. The van der Waals surface area contributed by atoms with Gasteiger partial charge in [-0.1, -0.05) is 12.1 Å². The van der Waals surface area contributed by atoms with Crippen LogP contribution in [0, 0.1) is 0 Å². The maximum Gasteiger partial charge on any atom is 0.335 e. The molecule has 1 saturated heterocycles. The summed E-state index contributed by atoms with van der Waals surface area (Å²) >= 11 is 0. The highest BCUT2D eigenvalue weighted by atomic mass is 16.4. The molecule has 4 rings (SSSR count). The molecule has 0 saturated carbocycles. The Hall–Kier alpha value is -4.40. The molecule has 1 aromatic carbocycles. The number of furan rings is 2. The standard InChI is InChI=1S/C21H14N2O7/c24-18-16(19(25)23(21(28)22-18)11-15-2-1-9-29-15)10-14-7-8-17(30-14)12-3-5-13(6-4-12)20(26)27/h1-10H,11H2,(H,26,27)(H,22,24,28)/b16-10+. The summed E-state index contributed by atoms with van der Waals surface area (Å²) in [5, 5.41) is 11.1. The van der Waals surface area contributed by atoms with Crippen LogP contribution >= 0.6 is 0 Å². The van der Waals surface area contributed by atoms with Crippen LogP contribution in [0.4, 0.5) is 4.79 Å². The number of benzene rings is 1. The molecule has 30 heavy (non-hydrogen) atoms. The van der Waals surface area contributed by atoms with E-state index in [1.165, 1.54) is 24.5 Å². The lowest BCUT2D eigenvalue weighted by atomic mass is 10.1. The first-order valence-corrected chi connectivity index (χ1v) is 8.77. The average molecular weight is 406 g/mol. The molecule has 1 fully saturated rings. The van der Waals surface area contributed by atoms with Gasteiger partial charge in [-0.15, -0.1) is 0 Å². The van der Waals surface area contributed by atoms with Gasteiger partial charge in [0, 0.05) is 5.56 Å². The Bertz CT molecular complexity index is 1170. The molecule has 1 aliphatic rings. The van der Waals surface area contributed by atoms with Gasteiger partial charge in [-0.3, -0.25) is 19.8 Å². The van der Waals surface area contributed by atoms with E-state index in [-0.39, 0.29) is 23.4 Å². The third-order valence-corrected chi connectivity index (χ3v) is 4.41. The van der Waals surface area contributed by atoms with E-state index in [0.717, 1.165) is 4.90 Å². The van der Waals surface area contributed by atoms with Gasteiger partial charge >= 0.3 is 12.0 Å². The minimum absolute atomic E-state index is 0.123. The highest BCUT2D eigenvalue weighted by molar-refractivity contribution is 6.30. The van der Waals surface area contributed by atoms with Gasteiger partial charge in [0.15, 0.2) is 0 Å². The van der Waals surface area contributed by atoms with E-state index in [1.807, 2.05) is 0 Å². The van der Waals surface area contributed by atoms with Crippen LogP contribution in [0.25, 0.3) is 17.4 Å². The number of urea groups is 1. The van der Waals surface area contributed by atoms with Crippen LogP contribution in [0.15, 0.2) is 69.2 Å². The largest absolute Gasteiger partial charge is 0.478 e. The number of hydrogen-bond acceptors (Lipinski definition) is 6. The van der Waals surface area contributed by atoms with E-state index in [2.05, 4.69) is 5.32 Å². The fraction of sp³-hybridized carbons (Fsp3) is 0.0476. The summed E-state index contributed by atoms with van der Waals surface area (Å²) in [6.45, 7) is -0.123. The highest BCUT2D eigenvalue weighted by Crippen LogP contribution is 2.25. The van der Waals surface area contributed by atoms with Crippen molar-refractivity contribution in [2.24, 2.45) is 0 Å². The van der Waals surface area contributed by atoms with E-state index in [9.17, 15) is 19.2 Å². The maximum atomic E-state index is 12.7. The topological polar surface area (TPSA) is 130 Å². The smallest absolute Gasteiger partial charge is 0.335 e. The molecule has 0 aliphatic carbocycles. The summed E-state index contributed by atoms with van der Waals surface area (Å²) in [5.41, 5.74) is 0.500. The zero-order chi connectivity index (χ0) is 21.3. The third kappa shape index (κ3) is 3.63. The van der Waals surface area contributed by atoms with Crippen LogP contribution < -0.4 is 5.32 Å². The van der Waals surface area contributed by atoms with E-state index in [4.69, 9.17) is 13.9 Å². The van der Waals surface area contributed by atoms with Gasteiger partial charge in [0.1, 0.15) is 22.9 Å². The molecule has 0 unspecified atom stereocenters. The number of carboxylic acid groups (broad SMARTS) is 1. The number of aromatic carboxylic acids is 1. The predicted molar refractivity (Wildman–Crippen MR) is 102 cm³/mol. The summed E-state index contributed by atoms with van der Waals surface area (Å²) in [5.74, 6) is -1.61. The molecule has 1 aliphatic heterocycles. The molecule has 2 aromatic heterocycles. The lowest BCUT2D eigenvalue weighted by Gasteiger charge is -2.25. The van der Waals surface area contributed by atoms with Crippen molar-refractivity contribution >= 4 is 29.9 Å². The average Bonchev–Trinajstić information content (AvgIpc) is 3.40. The van der Waals surface area contributed by atoms with Gasteiger partial charge in [0.05, 0.1) is 18.4 Å². The molecule has 0 atom stereocenters. The molecule has 0 spiro atoms. The van der Waals surface area contributed by atoms with E-state index in [0.29, 0.717) is 17.1 Å². The minimum Gasteiger partial charge on any atom is -0.478 e. The number of nitrogens with one attached hydrogen (secondary N) is 1. The second-order valence-electron chi connectivity index (χ2n) is 6.37. The molecule has 9 nitrogen and oxygen atoms in total. The number of nitrogens with zero attached hydrogens (tertiary/aromatic N) is 1. The third-order valence-electron chi connectivity index (χ3n) is 4.41. The summed E-state index contributed by atoms with van der Waals surface area (Å²) < 4.78 is 10.8. The first-order valence-electron chi connectivity index (χ1n) is 8.77. The van der Waals surface area contributed by atoms with Gasteiger partial charge in [-0.2, -0.15) is 0 Å². The number of carboxylic acids is 1. The Labute approximate surface area is 169 Å². The Morgan fingerprint density at radius 3 is 2.50 bits per heavy atom. The molecule has 0 bridgehead atoms. The SMILES string of the molecule is O=C1NC(=O)N(Cc2ccco2)C(=O)/C1=C/c1ccc(-c2ccc(C(=O)O)cc2)o1. The number of rotatable bonds is 5. The number of amides is 4. The van der Waals surface area contributed by atoms with Gasteiger partial charge < -0.3 is 13.9 Å². The van der Waals surface area contributed by atoms with Crippen molar-refractivity contribution in [3.05, 3.63) is 77.5 Å². The minimum atomic E-state index is -1.04. The van der Waals surface area contributed by atoms with Crippen molar-refractivity contribution in [2.75, 3.05) is 0 Å². The number of hydrogen-bond donors (Lipinski definition) is 2. The maximum absolute atomic E-state index is 12.7. The van der Waals surface area contributed by atoms with Gasteiger partial charge in [0.25, 0.3) is 11.8 Å². The predicted octanol–water partition coefficient (Wildman–Crippen LogP) is 2.90. The van der Waals surface area contributed by atoms with Gasteiger partial charge in [-0.05, 0) is 42.5 Å². The molecule has 3 heterocycles. The normalized spacial score (nSPS) is 15.5. The van der Waals surface area contributed by atoms with E-state index < -0.39 is 23.8 Å². The zero-order valence-electron chi connectivity index (χ0n) is 15.3. The number of carbonyl (C=O) groups is 4. The molecule has 2 N–H and O–H groups in total. The van der Waals surface area contributed by atoms with E-state index >= 15 is 0 Å². The molecule has 4 amide bonds. The van der Waals surface area contributed by atoms with Crippen LogP contribution in [0.5, 0.6) is 0 Å². The zero-order valence-corrected chi connectivity index (χ0v) is 15.3. The van der Waals surface area contributed by atoms with E-state index in [1.54, 1.807) is 36.4 Å². The second kappa shape index (κ2) is 7.55. The first kappa shape index (κ1) is 18.9. The van der Waals surface area contributed by atoms with Gasteiger partial charge in [-0.25, -0.2) is 9.59 Å². The van der Waals surface area contributed by atoms with Crippen molar-refractivity contribution in [1.82, 2.24) is 10.2 Å². The number of carbonyl (C=O) groups excluding carboxylic acids is 3. The monoisotopic (exact) mass is 406 g/mol. The quantitative estimate of drug-likeness (QED) is 0.492. The molecule has 150 valence electrons. The fourth-order valence-electron chi connectivity index (χ4n) is 2.90. The van der Waals surface area contributed by atoms with Crippen molar-refractivity contribution < 1.29 is 33.1 Å². The first-order chi connectivity index (χ1) is 14.4. The van der Waals surface area contributed by atoms with Crippen LogP contribution in [-0.4, -0.2) is 33.8 Å². The molecule has 0 radical (unpaired) electrons. The molecular weight excluding hydrogens is 392 g/mol. The lowest BCUT2D eigenvalue weighted by molar-refractivity contribution is -0.130. The highest BCUT2D eigenvalue weighted by Gasteiger charge is 2.36. The van der Waals surface area contributed by atoms with Crippen molar-refractivity contribution in [2.45, 2.75) is 6.54 Å². The number of barbiturate groups is 1. The van der Waals surface area contributed by atoms with Crippen molar-refractivity contribution in [1.29, 1.82) is 0 Å². The van der Waals surface area contributed by atoms with Crippen LogP contribution in [0.1, 0.15) is 21.9 Å². The van der Waals surface area contributed by atoms with Crippen molar-refractivity contribution in [3.8, 4) is 11.3 Å².